The maximum Gasteiger partial charge on any atom is 0.243 e. The first kappa shape index (κ1) is 17.5. The van der Waals surface area contributed by atoms with Crippen LogP contribution in [0.15, 0.2) is 54.6 Å². The molecule has 24 heavy (non-hydrogen) atoms. The van der Waals surface area contributed by atoms with Gasteiger partial charge >= 0.3 is 0 Å². The molecule has 0 aliphatic heterocycles. The summed E-state index contributed by atoms with van der Waals surface area (Å²) in [5, 5.41) is 8.71. The van der Waals surface area contributed by atoms with Gasteiger partial charge in [-0.25, -0.2) is 0 Å². The van der Waals surface area contributed by atoms with E-state index < -0.39 is 5.41 Å². The average Bonchev–Trinajstić information content (AvgIpc) is 2.53. The Morgan fingerprint density at radius 3 is 2.04 bits per heavy atom. The molecule has 0 atom stereocenters. The van der Waals surface area contributed by atoms with E-state index in [2.05, 4.69) is 16.0 Å². The van der Waals surface area contributed by atoms with Crippen LogP contribution in [0.25, 0.3) is 0 Å². The minimum absolute atomic E-state index is 0.0725. The second-order valence-electron chi connectivity index (χ2n) is 6.55. The van der Waals surface area contributed by atoms with Crippen LogP contribution in [0.1, 0.15) is 20.8 Å². The third-order valence-corrected chi connectivity index (χ3v) is 3.31. The van der Waals surface area contributed by atoms with E-state index in [1.165, 1.54) is 0 Å². The molecule has 0 spiro atoms. The van der Waals surface area contributed by atoms with E-state index in [-0.39, 0.29) is 18.4 Å². The molecule has 126 valence electrons. The highest BCUT2D eigenvalue weighted by Gasteiger charge is 2.21. The van der Waals surface area contributed by atoms with Crippen molar-refractivity contribution >= 4 is 28.9 Å². The van der Waals surface area contributed by atoms with Gasteiger partial charge in [0.05, 0.1) is 6.54 Å². The van der Waals surface area contributed by atoms with Gasteiger partial charge in [0, 0.05) is 22.5 Å². The number of benzene rings is 2. The predicted octanol–water partition coefficient (Wildman–Crippen LogP) is 3.72. The number of hydrogen-bond acceptors (Lipinski definition) is 3. The minimum Gasteiger partial charge on any atom is -0.376 e. The van der Waals surface area contributed by atoms with Gasteiger partial charge in [-0.1, -0.05) is 45.0 Å². The number of nitrogens with one attached hydrogen (secondary N) is 3. The van der Waals surface area contributed by atoms with E-state index in [4.69, 9.17) is 0 Å². The lowest BCUT2D eigenvalue weighted by molar-refractivity contribution is -0.123. The molecule has 2 amide bonds. The fourth-order valence-electron chi connectivity index (χ4n) is 1.94. The highest BCUT2D eigenvalue weighted by atomic mass is 16.2. The topological polar surface area (TPSA) is 70.2 Å². The summed E-state index contributed by atoms with van der Waals surface area (Å²) in [5.74, 6) is -0.227. The molecule has 2 aromatic carbocycles. The van der Waals surface area contributed by atoms with E-state index in [0.717, 1.165) is 5.69 Å². The lowest BCUT2D eigenvalue weighted by atomic mass is 9.95. The van der Waals surface area contributed by atoms with Crippen LogP contribution in [-0.2, 0) is 9.59 Å². The van der Waals surface area contributed by atoms with Crippen molar-refractivity contribution in [2.45, 2.75) is 20.8 Å². The van der Waals surface area contributed by atoms with Crippen molar-refractivity contribution in [3.8, 4) is 0 Å². The molecule has 0 radical (unpaired) electrons. The molecule has 5 nitrogen and oxygen atoms in total. The van der Waals surface area contributed by atoms with Gasteiger partial charge in [-0.05, 0) is 30.3 Å². The molecule has 0 heterocycles. The van der Waals surface area contributed by atoms with Crippen molar-refractivity contribution in [3.05, 3.63) is 54.6 Å². The largest absolute Gasteiger partial charge is 0.376 e. The van der Waals surface area contributed by atoms with Crippen molar-refractivity contribution in [3.63, 3.8) is 0 Å². The average molecular weight is 325 g/mol. The highest BCUT2D eigenvalue weighted by molar-refractivity contribution is 5.97. The van der Waals surface area contributed by atoms with Crippen molar-refractivity contribution in [2.75, 3.05) is 22.5 Å². The summed E-state index contributed by atoms with van der Waals surface area (Å²) in [5.41, 5.74) is 1.71. The summed E-state index contributed by atoms with van der Waals surface area (Å²) in [7, 11) is 0. The predicted molar refractivity (Wildman–Crippen MR) is 98.1 cm³/mol. The number of amides is 2. The van der Waals surface area contributed by atoms with Crippen LogP contribution >= 0.6 is 0 Å². The van der Waals surface area contributed by atoms with Crippen LogP contribution in [0.5, 0.6) is 0 Å². The van der Waals surface area contributed by atoms with Gasteiger partial charge < -0.3 is 16.0 Å². The first-order chi connectivity index (χ1) is 11.3. The Bertz CT molecular complexity index is 706. The third kappa shape index (κ3) is 5.43. The van der Waals surface area contributed by atoms with Crippen LogP contribution < -0.4 is 16.0 Å². The van der Waals surface area contributed by atoms with Gasteiger partial charge in [0.15, 0.2) is 0 Å². The van der Waals surface area contributed by atoms with E-state index in [0.29, 0.717) is 11.4 Å². The zero-order valence-electron chi connectivity index (χ0n) is 14.2. The third-order valence-electron chi connectivity index (χ3n) is 3.31. The SMILES string of the molecule is CC(C)(C)C(=O)Nc1cccc(NC(=O)CNc2ccccc2)c1. The number of carbonyl (C=O) groups excluding carboxylic acids is 2. The molecule has 0 aromatic heterocycles. The molecular formula is C19H23N3O2. The fraction of sp³-hybridized carbons (Fsp3) is 0.263. The van der Waals surface area contributed by atoms with Crippen molar-refractivity contribution in [2.24, 2.45) is 5.41 Å². The zero-order chi connectivity index (χ0) is 17.6. The monoisotopic (exact) mass is 325 g/mol. The standard InChI is InChI=1S/C19H23N3O2/c1-19(2,3)18(24)22-16-11-7-10-15(12-16)21-17(23)13-20-14-8-5-4-6-9-14/h4-12,20H,13H2,1-3H3,(H,21,23)(H,22,24). The van der Waals surface area contributed by atoms with Crippen molar-refractivity contribution in [1.29, 1.82) is 0 Å². The Labute approximate surface area is 142 Å². The van der Waals surface area contributed by atoms with Gasteiger partial charge in [-0.3, -0.25) is 9.59 Å². The van der Waals surface area contributed by atoms with Crippen LogP contribution in [0.4, 0.5) is 17.1 Å². The van der Waals surface area contributed by atoms with Crippen molar-refractivity contribution < 1.29 is 9.59 Å². The Hall–Kier alpha value is -2.82. The Balaban J connectivity index is 1.91. The zero-order valence-corrected chi connectivity index (χ0v) is 14.2. The molecule has 2 aromatic rings. The summed E-state index contributed by atoms with van der Waals surface area (Å²) < 4.78 is 0. The number of anilines is 3. The Morgan fingerprint density at radius 2 is 1.42 bits per heavy atom. The molecule has 0 saturated carbocycles. The van der Waals surface area contributed by atoms with Gasteiger partial charge in [0.25, 0.3) is 0 Å². The lowest BCUT2D eigenvalue weighted by Gasteiger charge is -2.18. The number of para-hydroxylation sites is 1. The number of carbonyl (C=O) groups is 2. The molecule has 0 aliphatic rings. The Kier molecular flexibility index (Phi) is 5.58. The van der Waals surface area contributed by atoms with Crippen LogP contribution in [0.3, 0.4) is 0 Å². The summed E-state index contributed by atoms with van der Waals surface area (Å²) in [6.45, 7) is 5.72. The summed E-state index contributed by atoms with van der Waals surface area (Å²) in [4.78, 5) is 24.0. The van der Waals surface area contributed by atoms with Gasteiger partial charge in [-0.15, -0.1) is 0 Å². The molecule has 0 unspecified atom stereocenters. The maximum atomic E-state index is 12.0. The molecule has 3 N–H and O–H groups in total. The first-order valence-corrected chi connectivity index (χ1v) is 7.85. The molecule has 5 heteroatoms. The maximum absolute atomic E-state index is 12.0. The second kappa shape index (κ2) is 7.64. The molecule has 0 fully saturated rings. The smallest absolute Gasteiger partial charge is 0.243 e. The summed E-state index contributed by atoms with van der Waals surface area (Å²) >= 11 is 0. The lowest BCUT2D eigenvalue weighted by Crippen LogP contribution is -2.27. The molecule has 0 saturated heterocycles. The summed E-state index contributed by atoms with van der Waals surface area (Å²) in [6.07, 6.45) is 0. The van der Waals surface area contributed by atoms with Gasteiger partial charge in [0.2, 0.25) is 11.8 Å². The van der Waals surface area contributed by atoms with Crippen LogP contribution in [-0.4, -0.2) is 18.4 Å². The quantitative estimate of drug-likeness (QED) is 0.784. The van der Waals surface area contributed by atoms with Crippen LogP contribution in [0.2, 0.25) is 0 Å². The molecule has 0 aliphatic carbocycles. The van der Waals surface area contributed by atoms with Gasteiger partial charge in [0.1, 0.15) is 0 Å². The molecular weight excluding hydrogens is 302 g/mol. The molecule has 0 bridgehead atoms. The number of rotatable bonds is 5. The fourth-order valence-corrected chi connectivity index (χ4v) is 1.94. The van der Waals surface area contributed by atoms with E-state index >= 15 is 0 Å². The highest BCUT2D eigenvalue weighted by Crippen LogP contribution is 2.20. The van der Waals surface area contributed by atoms with Crippen molar-refractivity contribution in [1.82, 2.24) is 0 Å². The molecule has 2 rings (SSSR count). The van der Waals surface area contributed by atoms with Gasteiger partial charge in [-0.2, -0.15) is 0 Å². The Morgan fingerprint density at radius 1 is 0.833 bits per heavy atom. The van der Waals surface area contributed by atoms with Crippen LogP contribution in [0, 0.1) is 5.41 Å². The summed E-state index contributed by atoms with van der Waals surface area (Å²) in [6, 6.07) is 16.6. The van der Waals surface area contributed by atoms with E-state index in [9.17, 15) is 9.59 Å². The van der Waals surface area contributed by atoms with E-state index in [1.807, 2.05) is 51.1 Å². The second-order valence-corrected chi connectivity index (χ2v) is 6.55. The normalized spacial score (nSPS) is 10.8. The van der Waals surface area contributed by atoms with E-state index in [1.54, 1.807) is 24.3 Å². The first-order valence-electron chi connectivity index (χ1n) is 7.85. The minimum atomic E-state index is -0.473. The number of hydrogen-bond donors (Lipinski definition) is 3.